The second-order valence-corrected chi connectivity index (χ2v) is 7.83. The Morgan fingerprint density at radius 2 is 1.83 bits per heavy atom. The molecule has 0 radical (unpaired) electrons. The third-order valence-corrected chi connectivity index (χ3v) is 5.39. The van der Waals surface area contributed by atoms with Crippen molar-refractivity contribution < 1.29 is 23.9 Å². The summed E-state index contributed by atoms with van der Waals surface area (Å²) < 4.78 is 10.7. The van der Waals surface area contributed by atoms with Gasteiger partial charge in [-0.3, -0.25) is 14.5 Å². The monoisotopic (exact) mass is 409 g/mol. The Labute approximate surface area is 174 Å². The smallest absolute Gasteiger partial charge is 0.325 e. The SMILES string of the molecule is Cc1cccc(C)c1NC(=O)CN1C(=O)NC(C)(Cc2ccc3c(c2)OCO3)C1=O. The minimum absolute atomic E-state index is 0.162. The maximum atomic E-state index is 13.0. The van der Waals surface area contributed by atoms with Crippen LogP contribution in [0.15, 0.2) is 36.4 Å². The molecule has 2 aliphatic rings. The Morgan fingerprint density at radius 3 is 2.57 bits per heavy atom. The number of aryl methyl sites for hydroxylation is 2. The molecule has 2 N–H and O–H groups in total. The van der Waals surface area contributed by atoms with Crippen LogP contribution in [0.3, 0.4) is 0 Å². The second kappa shape index (κ2) is 7.37. The van der Waals surface area contributed by atoms with Crippen molar-refractivity contribution >= 4 is 23.5 Å². The summed E-state index contributed by atoms with van der Waals surface area (Å²) in [6.07, 6.45) is 0.267. The highest BCUT2D eigenvalue weighted by atomic mass is 16.7. The van der Waals surface area contributed by atoms with Crippen LogP contribution in [0.1, 0.15) is 23.6 Å². The minimum Gasteiger partial charge on any atom is -0.454 e. The Morgan fingerprint density at radius 1 is 1.13 bits per heavy atom. The van der Waals surface area contributed by atoms with Gasteiger partial charge in [0.05, 0.1) is 0 Å². The number of ether oxygens (including phenoxy) is 2. The molecule has 1 saturated heterocycles. The van der Waals surface area contributed by atoms with Gasteiger partial charge in [-0.15, -0.1) is 0 Å². The van der Waals surface area contributed by atoms with E-state index in [0.29, 0.717) is 17.2 Å². The standard InChI is InChI=1S/C22H23N3O5/c1-13-5-4-6-14(2)19(13)23-18(26)11-25-20(27)22(3,24-21(25)28)10-15-7-8-16-17(9-15)30-12-29-16/h4-9H,10-12H2,1-3H3,(H,23,26)(H,24,28). The molecule has 0 spiro atoms. The molecule has 2 aromatic carbocycles. The van der Waals surface area contributed by atoms with Gasteiger partial charge < -0.3 is 20.1 Å². The number of nitrogens with one attached hydrogen (secondary N) is 2. The Balaban J connectivity index is 1.46. The first-order valence-electron chi connectivity index (χ1n) is 9.65. The Bertz CT molecular complexity index is 1030. The molecule has 4 amide bonds. The molecule has 1 unspecified atom stereocenters. The van der Waals surface area contributed by atoms with E-state index in [1.807, 2.05) is 38.1 Å². The summed E-state index contributed by atoms with van der Waals surface area (Å²) in [5.74, 6) is 0.387. The molecular weight excluding hydrogens is 386 g/mol. The summed E-state index contributed by atoms with van der Waals surface area (Å²) in [7, 11) is 0. The number of urea groups is 1. The number of carbonyl (C=O) groups is 3. The first kappa shape index (κ1) is 19.8. The largest absolute Gasteiger partial charge is 0.454 e. The number of hydrogen-bond acceptors (Lipinski definition) is 5. The normalized spacial score (nSPS) is 19.8. The molecule has 156 valence electrons. The van der Waals surface area contributed by atoms with Crippen LogP contribution >= 0.6 is 0 Å². The highest BCUT2D eigenvalue weighted by Gasteiger charge is 2.48. The van der Waals surface area contributed by atoms with Gasteiger partial charge in [0.1, 0.15) is 12.1 Å². The number of nitrogens with zero attached hydrogens (tertiary/aromatic N) is 1. The van der Waals surface area contributed by atoms with Gasteiger partial charge in [0.25, 0.3) is 5.91 Å². The summed E-state index contributed by atoms with van der Waals surface area (Å²) in [6.45, 7) is 5.24. The first-order chi connectivity index (χ1) is 14.3. The van der Waals surface area contributed by atoms with E-state index in [4.69, 9.17) is 9.47 Å². The number of benzene rings is 2. The van der Waals surface area contributed by atoms with E-state index in [-0.39, 0.29) is 19.8 Å². The van der Waals surface area contributed by atoms with E-state index < -0.39 is 23.4 Å². The molecule has 0 bridgehead atoms. The average Bonchev–Trinajstić information content (AvgIpc) is 3.23. The molecule has 1 atom stereocenters. The highest BCUT2D eigenvalue weighted by molar-refractivity contribution is 6.10. The van der Waals surface area contributed by atoms with Crippen molar-refractivity contribution in [2.75, 3.05) is 18.7 Å². The lowest BCUT2D eigenvalue weighted by Gasteiger charge is -2.22. The summed E-state index contributed by atoms with van der Waals surface area (Å²) in [5.41, 5.74) is 2.18. The lowest BCUT2D eigenvalue weighted by Crippen LogP contribution is -2.46. The van der Waals surface area contributed by atoms with Crippen molar-refractivity contribution in [1.29, 1.82) is 0 Å². The van der Waals surface area contributed by atoms with E-state index in [1.54, 1.807) is 19.1 Å². The van der Waals surface area contributed by atoms with E-state index >= 15 is 0 Å². The predicted octanol–water partition coefficient (Wildman–Crippen LogP) is 2.52. The van der Waals surface area contributed by atoms with Gasteiger partial charge in [-0.2, -0.15) is 0 Å². The summed E-state index contributed by atoms with van der Waals surface area (Å²) in [5, 5.41) is 5.53. The topological polar surface area (TPSA) is 97.0 Å². The van der Waals surface area contributed by atoms with Crippen molar-refractivity contribution in [3.8, 4) is 11.5 Å². The van der Waals surface area contributed by atoms with E-state index in [1.165, 1.54) is 0 Å². The zero-order valence-electron chi connectivity index (χ0n) is 17.1. The average molecular weight is 409 g/mol. The molecule has 0 aliphatic carbocycles. The van der Waals surface area contributed by atoms with Gasteiger partial charge in [0, 0.05) is 12.1 Å². The molecule has 30 heavy (non-hydrogen) atoms. The molecule has 2 aromatic rings. The van der Waals surface area contributed by atoms with Crippen LogP contribution in [0.4, 0.5) is 10.5 Å². The molecular formula is C22H23N3O5. The molecule has 1 fully saturated rings. The van der Waals surface area contributed by atoms with Crippen molar-refractivity contribution in [3.05, 3.63) is 53.1 Å². The molecule has 2 heterocycles. The fraction of sp³-hybridized carbons (Fsp3) is 0.318. The molecule has 2 aliphatic heterocycles. The fourth-order valence-electron chi connectivity index (χ4n) is 3.80. The number of amides is 4. The van der Waals surface area contributed by atoms with Crippen LogP contribution in [0.5, 0.6) is 11.5 Å². The van der Waals surface area contributed by atoms with Crippen molar-refractivity contribution in [2.45, 2.75) is 32.7 Å². The number of hydrogen-bond donors (Lipinski definition) is 2. The second-order valence-electron chi connectivity index (χ2n) is 7.83. The molecule has 8 nitrogen and oxygen atoms in total. The minimum atomic E-state index is -1.15. The van der Waals surface area contributed by atoms with Gasteiger partial charge >= 0.3 is 6.03 Å². The third kappa shape index (κ3) is 3.56. The van der Waals surface area contributed by atoms with Gasteiger partial charge in [-0.1, -0.05) is 24.3 Å². The maximum Gasteiger partial charge on any atom is 0.325 e. The van der Waals surface area contributed by atoms with E-state index in [2.05, 4.69) is 10.6 Å². The van der Waals surface area contributed by atoms with Gasteiger partial charge in [-0.05, 0) is 49.6 Å². The molecule has 4 rings (SSSR count). The number of para-hydroxylation sites is 1. The van der Waals surface area contributed by atoms with Gasteiger partial charge in [0.2, 0.25) is 12.7 Å². The summed E-state index contributed by atoms with van der Waals surface area (Å²) in [6, 6.07) is 10.5. The van der Waals surface area contributed by atoms with Crippen LogP contribution < -0.4 is 20.1 Å². The lowest BCUT2D eigenvalue weighted by atomic mass is 9.92. The van der Waals surface area contributed by atoms with Crippen molar-refractivity contribution in [1.82, 2.24) is 10.2 Å². The first-order valence-corrected chi connectivity index (χ1v) is 9.65. The van der Waals surface area contributed by atoms with Crippen molar-refractivity contribution in [2.24, 2.45) is 0 Å². The number of anilines is 1. The van der Waals surface area contributed by atoms with Crippen LogP contribution in [-0.4, -0.2) is 41.6 Å². The highest BCUT2D eigenvalue weighted by Crippen LogP contribution is 2.34. The van der Waals surface area contributed by atoms with Crippen LogP contribution in [0, 0.1) is 13.8 Å². The van der Waals surface area contributed by atoms with Crippen LogP contribution in [0.25, 0.3) is 0 Å². The number of imide groups is 1. The van der Waals surface area contributed by atoms with Crippen LogP contribution in [0.2, 0.25) is 0 Å². The van der Waals surface area contributed by atoms with Crippen LogP contribution in [-0.2, 0) is 16.0 Å². The number of fused-ring (bicyclic) bond motifs is 1. The van der Waals surface area contributed by atoms with E-state index in [9.17, 15) is 14.4 Å². The Kier molecular flexibility index (Phi) is 4.85. The zero-order valence-corrected chi connectivity index (χ0v) is 17.1. The van der Waals surface area contributed by atoms with Crippen molar-refractivity contribution in [3.63, 3.8) is 0 Å². The fourth-order valence-corrected chi connectivity index (χ4v) is 3.80. The van der Waals surface area contributed by atoms with E-state index in [0.717, 1.165) is 21.6 Å². The Hall–Kier alpha value is -3.55. The summed E-state index contributed by atoms with van der Waals surface area (Å²) in [4.78, 5) is 39.0. The quantitative estimate of drug-likeness (QED) is 0.740. The van der Waals surface area contributed by atoms with Gasteiger partial charge in [0.15, 0.2) is 11.5 Å². The maximum absolute atomic E-state index is 13.0. The number of carbonyl (C=O) groups excluding carboxylic acids is 3. The van der Waals surface area contributed by atoms with Gasteiger partial charge in [-0.25, -0.2) is 4.79 Å². The molecule has 0 aromatic heterocycles. The zero-order chi connectivity index (χ0) is 21.5. The molecule has 0 saturated carbocycles. The number of rotatable bonds is 5. The third-order valence-electron chi connectivity index (χ3n) is 5.39. The molecule has 8 heteroatoms. The summed E-state index contributed by atoms with van der Waals surface area (Å²) >= 11 is 0. The predicted molar refractivity (Wildman–Crippen MR) is 109 cm³/mol. The lowest BCUT2D eigenvalue weighted by molar-refractivity contribution is -0.133.